The molecule has 0 saturated heterocycles. The fourth-order valence-electron chi connectivity index (χ4n) is 3.29. The molecule has 26 heavy (non-hydrogen) atoms. The molecule has 1 saturated carbocycles. The van der Waals surface area contributed by atoms with Crippen LogP contribution < -0.4 is 11.1 Å². The third kappa shape index (κ3) is 2.79. The number of aromatic nitrogens is 2. The molecule has 0 bridgehead atoms. The van der Waals surface area contributed by atoms with Crippen LogP contribution in [0.2, 0.25) is 5.02 Å². The van der Waals surface area contributed by atoms with Crippen molar-refractivity contribution in [1.82, 2.24) is 9.78 Å². The lowest BCUT2D eigenvalue weighted by molar-refractivity contribution is 0.100. The Balaban J connectivity index is 1.81. The van der Waals surface area contributed by atoms with Crippen molar-refractivity contribution in [2.75, 3.05) is 5.32 Å². The number of nitrogens with one attached hydrogen (secondary N) is 1. The smallest absolute Gasteiger partial charge is 0.250 e. The van der Waals surface area contributed by atoms with Crippen molar-refractivity contribution in [2.45, 2.75) is 31.2 Å². The van der Waals surface area contributed by atoms with Crippen LogP contribution in [0.5, 0.6) is 0 Å². The van der Waals surface area contributed by atoms with Crippen LogP contribution in [0.3, 0.4) is 0 Å². The van der Waals surface area contributed by atoms with Crippen molar-refractivity contribution in [3.8, 4) is 6.07 Å². The number of benzene rings is 1. The lowest BCUT2D eigenvalue weighted by Gasteiger charge is -2.18. The quantitative estimate of drug-likeness (QED) is 0.770. The highest BCUT2D eigenvalue weighted by Gasteiger charge is 2.48. The zero-order valence-corrected chi connectivity index (χ0v) is 16.1. The molecule has 6 nitrogen and oxygen atoms in total. The molecule has 2 aromatic rings. The van der Waals surface area contributed by atoms with Crippen LogP contribution in [0.15, 0.2) is 28.9 Å². The van der Waals surface area contributed by atoms with E-state index in [4.69, 9.17) is 17.3 Å². The summed E-state index contributed by atoms with van der Waals surface area (Å²) in [7, 11) is 0. The number of halogens is 2. The van der Waals surface area contributed by atoms with Gasteiger partial charge in [-0.3, -0.25) is 4.79 Å². The van der Waals surface area contributed by atoms with Gasteiger partial charge >= 0.3 is 0 Å². The highest BCUT2D eigenvalue weighted by molar-refractivity contribution is 9.10. The largest absolute Gasteiger partial charge is 0.366 e. The molecule has 1 fully saturated rings. The molecule has 0 unspecified atom stereocenters. The van der Waals surface area contributed by atoms with Crippen molar-refractivity contribution in [2.24, 2.45) is 5.73 Å². The summed E-state index contributed by atoms with van der Waals surface area (Å²) in [4.78, 5) is 11.9. The summed E-state index contributed by atoms with van der Waals surface area (Å²) in [6, 6.07) is 7.66. The highest BCUT2D eigenvalue weighted by atomic mass is 79.9. The van der Waals surface area contributed by atoms with Gasteiger partial charge in [0.1, 0.15) is 10.1 Å². The molecule has 132 valence electrons. The first kappa shape index (κ1) is 17.1. The highest BCUT2D eigenvalue weighted by Crippen LogP contribution is 2.45. The van der Waals surface area contributed by atoms with E-state index in [1.165, 1.54) is 0 Å². The van der Waals surface area contributed by atoms with Gasteiger partial charge in [-0.1, -0.05) is 17.7 Å². The van der Waals surface area contributed by atoms with Crippen LogP contribution >= 0.6 is 27.5 Å². The number of nitrogens with two attached hydrogens (primary N) is 1. The first-order valence-electron chi connectivity index (χ1n) is 8.20. The molecule has 0 radical (unpaired) electrons. The number of anilines is 1. The molecule has 2 heterocycles. The maximum atomic E-state index is 11.9. The maximum absolute atomic E-state index is 11.9. The molecular formula is C18H15BrClN5O. The zero-order chi connectivity index (χ0) is 18.5. The number of allylic oxidation sites excluding steroid dienone is 1. The molecule has 1 aromatic heterocycles. The van der Waals surface area contributed by atoms with Gasteiger partial charge in [0.2, 0.25) is 0 Å². The minimum atomic E-state index is -0.592. The SMILES string of the molecule is N#CC1(n2nc(Br)cc2C2=CCCc3cc(Cl)cc(C(N)=O)c3N2)CC1. The van der Waals surface area contributed by atoms with Crippen LogP contribution in [0.4, 0.5) is 5.69 Å². The van der Waals surface area contributed by atoms with Crippen molar-refractivity contribution in [3.63, 3.8) is 0 Å². The summed E-state index contributed by atoms with van der Waals surface area (Å²) >= 11 is 9.55. The Kier molecular flexibility index (Phi) is 4.05. The molecule has 2 aliphatic rings. The number of carbonyl (C=O) groups is 1. The number of nitriles is 1. The molecule has 0 atom stereocenters. The summed E-state index contributed by atoms with van der Waals surface area (Å²) < 4.78 is 2.42. The molecule has 3 N–H and O–H groups in total. The number of rotatable bonds is 3. The molecule has 1 aliphatic heterocycles. The Morgan fingerprint density at radius 2 is 2.19 bits per heavy atom. The maximum Gasteiger partial charge on any atom is 0.250 e. The summed E-state index contributed by atoms with van der Waals surface area (Å²) in [5.74, 6) is -0.539. The van der Waals surface area contributed by atoms with Gasteiger partial charge in [-0.15, -0.1) is 0 Å². The van der Waals surface area contributed by atoms with E-state index < -0.39 is 11.4 Å². The van der Waals surface area contributed by atoms with Gasteiger partial charge in [0.15, 0.2) is 0 Å². The zero-order valence-electron chi connectivity index (χ0n) is 13.7. The molecule has 8 heteroatoms. The number of primary amides is 1. The van der Waals surface area contributed by atoms with Crippen LogP contribution in [0, 0.1) is 11.3 Å². The average Bonchev–Trinajstić information content (AvgIpc) is 3.34. The number of hydrogen-bond donors (Lipinski definition) is 2. The van der Waals surface area contributed by atoms with Gasteiger partial charge in [0.05, 0.1) is 28.7 Å². The number of nitrogens with zero attached hydrogens (tertiary/aromatic N) is 3. The van der Waals surface area contributed by atoms with Crippen molar-refractivity contribution < 1.29 is 4.79 Å². The lowest BCUT2D eigenvalue weighted by atomic mass is 10.0. The van der Waals surface area contributed by atoms with Crippen molar-refractivity contribution >= 4 is 44.8 Å². The summed E-state index contributed by atoms with van der Waals surface area (Å²) in [6.45, 7) is 0. The molecule has 1 aromatic carbocycles. The lowest BCUT2D eigenvalue weighted by Crippen LogP contribution is -2.21. The Labute approximate surface area is 163 Å². The van der Waals surface area contributed by atoms with E-state index in [1.54, 1.807) is 10.7 Å². The average molecular weight is 433 g/mol. The van der Waals surface area contributed by atoms with Crippen LogP contribution in [-0.2, 0) is 12.0 Å². The van der Waals surface area contributed by atoms with Gasteiger partial charge in [0, 0.05) is 11.1 Å². The first-order valence-corrected chi connectivity index (χ1v) is 9.38. The normalized spacial score (nSPS) is 17.3. The second kappa shape index (κ2) is 6.15. The predicted octanol–water partition coefficient (Wildman–Crippen LogP) is 3.81. The van der Waals surface area contributed by atoms with E-state index >= 15 is 0 Å². The topological polar surface area (TPSA) is 96.7 Å². The first-order chi connectivity index (χ1) is 12.4. The van der Waals surface area contributed by atoms with E-state index in [9.17, 15) is 10.1 Å². The Bertz CT molecular complexity index is 1000. The van der Waals surface area contributed by atoms with Gasteiger partial charge in [-0.05, 0) is 59.3 Å². The van der Waals surface area contributed by atoms with Crippen molar-refractivity contribution in [3.05, 3.63) is 50.7 Å². The van der Waals surface area contributed by atoms with E-state index in [1.807, 2.05) is 18.2 Å². The van der Waals surface area contributed by atoms with Crippen LogP contribution in [-0.4, -0.2) is 15.7 Å². The number of aryl methyl sites for hydroxylation is 1. The number of hydrogen-bond acceptors (Lipinski definition) is 4. The summed E-state index contributed by atoms with van der Waals surface area (Å²) in [6.07, 6.45) is 5.08. The number of carbonyl (C=O) groups excluding carboxylic acids is 1. The van der Waals surface area contributed by atoms with Gasteiger partial charge < -0.3 is 11.1 Å². The van der Waals surface area contributed by atoms with Crippen molar-refractivity contribution in [1.29, 1.82) is 5.26 Å². The Morgan fingerprint density at radius 1 is 1.42 bits per heavy atom. The second-order valence-electron chi connectivity index (χ2n) is 6.54. The summed E-state index contributed by atoms with van der Waals surface area (Å²) in [5, 5.41) is 17.9. The molecular weight excluding hydrogens is 418 g/mol. The van der Waals surface area contributed by atoms with Crippen LogP contribution in [0.1, 0.15) is 40.9 Å². The molecule has 1 aliphatic carbocycles. The predicted molar refractivity (Wildman–Crippen MR) is 103 cm³/mol. The minimum absolute atomic E-state index is 0.354. The third-order valence-electron chi connectivity index (χ3n) is 4.76. The van der Waals surface area contributed by atoms with Crippen LogP contribution in [0.25, 0.3) is 5.70 Å². The second-order valence-corrected chi connectivity index (χ2v) is 7.79. The van der Waals surface area contributed by atoms with Gasteiger partial charge in [-0.25, -0.2) is 4.68 Å². The number of amides is 1. The standard InChI is InChI=1S/C18H15BrClN5O/c19-15-8-14(25(24-15)18(9-21)4-5-18)13-3-1-2-10-6-11(20)7-12(17(22)26)16(10)23-13/h3,6-8,23H,1-2,4-5H2,(H2,22,26). The molecule has 0 spiro atoms. The van der Waals surface area contributed by atoms with E-state index in [2.05, 4.69) is 32.4 Å². The number of fused-ring (bicyclic) bond motifs is 1. The third-order valence-corrected chi connectivity index (χ3v) is 5.37. The summed E-state index contributed by atoms with van der Waals surface area (Å²) in [5.41, 5.74) is 8.51. The fourth-order valence-corrected chi connectivity index (χ4v) is 3.90. The Morgan fingerprint density at radius 3 is 2.85 bits per heavy atom. The van der Waals surface area contributed by atoms with Gasteiger partial charge in [-0.2, -0.15) is 10.4 Å². The van der Waals surface area contributed by atoms with Gasteiger partial charge in [0.25, 0.3) is 5.91 Å². The Hall–Kier alpha value is -2.30. The molecule has 4 rings (SSSR count). The monoisotopic (exact) mass is 431 g/mol. The van der Waals surface area contributed by atoms with E-state index in [0.717, 1.165) is 42.6 Å². The minimum Gasteiger partial charge on any atom is -0.366 e. The fraction of sp³-hybridized carbons (Fsp3) is 0.278. The van der Waals surface area contributed by atoms with E-state index in [-0.39, 0.29) is 0 Å². The molecule has 1 amide bonds. The van der Waals surface area contributed by atoms with E-state index in [0.29, 0.717) is 20.9 Å².